The molecule has 0 aliphatic carbocycles. The molecule has 2 heterocycles. The number of carbonyl (C=O) groups is 3. The predicted octanol–water partition coefficient (Wildman–Crippen LogP) is -0.868. The fraction of sp³-hybridized carbons (Fsp3) is 0.441. The number of carbonyl (C=O) groups excluding carboxylic acids is 3. The van der Waals surface area contributed by atoms with Crippen molar-refractivity contribution in [1.82, 2.24) is 0 Å². The van der Waals surface area contributed by atoms with Crippen molar-refractivity contribution in [2.75, 3.05) is 34.0 Å². The van der Waals surface area contributed by atoms with Gasteiger partial charge in [-0.1, -0.05) is 12.1 Å². The highest BCUT2D eigenvalue weighted by Gasteiger charge is 2.62. The van der Waals surface area contributed by atoms with Crippen molar-refractivity contribution < 1.29 is 88.0 Å². The molecular weight excluding hydrogens is 696 g/mol. The van der Waals surface area contributed by atoms with Gasteiger partial charge in [-0.2, -0.15) is 0 Å². The van der Waals surface area contributed by atoms with Gasteiger partial charge in [-0.25, -0.2) is 9.59 Å². The summed E-state index contributed by atoms with van der Waals surface area (Å²) in [6, 6.07) is 8.51. The predicted molar refractivity (Wildman–Crippen MR) is 173 cm³/mol. The van der Waals surface area contributed by atoms with Crippen LogP contribution in [0.1, 0.15) is 18.1 Å². The number of aliphatic hydroxyl groups is 5. The van der Waals surface area contributed by atoms with Crippen LogP contribution in [-0.4, -0.2) is 142 Å². The lowest BCUT2D eigenvalue weighted by Crippen LogP contribution is -2.63. The topological polar surface area (TPSA) is 267 Å². The summed E-state index contributed by atoms with van der Waals surface area (Å²) in [7, 11) is 2.68. The average Bonchev–Trinajstić information content (AvgIpc) is 3.41. The molecule has 0 spiro atoms. The Morgan fingerprint density at radius 2 is 1.38 bits per heavy atom. The minimum absolute atomic E-state index is 0.115. The van der Waals surface area contributed by atoms with E-state index in [4.69, 9.17) is 37.9 Å². The lowest BCUT2D eigenvalue weighted by molar-refractivity contribution is -0.383. The number of phenolic OH excluding ortho intramolecular Hbond substituents is 2. The monoisotopic (exact) mass is 736 g/mol. The third-order valence-electron chi connectivity index (χ3n) is 8.00. The minimum atomic E-state index is -2.51. The smallest absolute Gasteiger partial charge is 0.331 e. The summed E-state index contributed by atoms with van der Waals surface area (Å²) < 4.78 is 43.2. The number of phenols is 2. The number of hydrogen-bond donors (Lipinski definition) is 7. The van der Waals surface area contributed by atoms with Gasteiger partial charge in [0.1, 0.15) is 43.7 Å². The summed E-state index contributed by atoms with van der Waals surface area (Å²) in [5, 5.41) is 72.2. The SMILES string of the molecule is COc1cc(/C=C/C(=O)OC[C@H]2O[C@H](O[C@]3(CO)O[C@H](CO)[C@@H](OC(C)=O)[C@@H]3OC(=O)/C=C/c3ccc(O)c(OC)c3)[C@H](O)[C@@H](O)[C@@H]2O)ccc1O. The van der Waals surface area contributed by atoms with Crippen LogP contribution < -0.4 is 9.47 Å². The van der Waals surface area contributed by atoms with E-state index in [0.717, 1.165) is 19.1 Å². The first-order chi connectivity index (χ1) is 24.7. The molecule has 4 rings (SSSR count). The quantitative estimate of drug-likeness (QED) is 0.0706. The van der Waals surface area contributed by atoms with Crippen molar-refractivity contribution in [3.63, 3.8) is 0 Å². The molecule has 2 aliphatic heterocycles. The van der Waals surface area contributed by atoms with Crippen LogP contribution in [0.25, 0.3) is 12.2 Å². The Balaban J connectivity index is 1.52. The molecule has 2 aliphatic rings. The van der Waals surface area contributed by atoms with Crippen molar-refractivity contribution in [1.29, 1.82) is 0 Å². The maximum Gasteiger partial charge on any atom is 0.331 e. The largest absolute Gasteiger partial charge is 0.504 e. The van der Waals surface area contributed by atoms with Gasteiger partial charge in [0.15, 0.2) is 41.5 Å². The summed E-state index contributed by atoms with van der Waals surface area (Å²) >= 11 is 0. The maximum absolute atomic E-state index is 13.1. The van der Waals surface area contributed by atoms with E-state index >= 15 is 0 Å². The van der Waals surface area contributed by atoms with Crippen molar-refractivity contribution in [2.24, 2.45) is 0 Å². The molecule has 2 aromatic carbocycles. The van der Waals surface area contributed by atoms with Gasteiger partial charge >= 0.3 is 17.9 Å². The Hall–Kier alpha value is -4.79. The van der Waals surface area contributed by atoms with Crippen LogP contribution in [0, 0.1) is 0 Å². The van der Waals surface area contributed by atoms with Gasteiger partial charge in [0.25, 0.3) is 0 Å². The Bertz CT molecular complexity index is 1630. The number of benzene rings is 2. The third kappa shape index (κ3) is 9.35. The first-order valence-electron chi connectivity index (χ1n) is 15.7. The van der Waals surface area contributed by atoms with Crippen molar-refractivity contribution in [3.8, 4) is 23.0 Å². The molecule has 0 radical (unpaired) electrons. The van der Waals surface area contributed by atoms with E-state index in [1.54, 1.807) is 0 Å². The fourth-order valence-corrected chi connectivity index (χ4v) is 5.37. The molecule has 2 saturated heterocycles. The second kappa shape index (κ2) is 17.6. The van der Waals surface area contributed by atoms with E-state index in [9.17, 15) is 50.1 Å². The molecule has 18 nitrogen and oxygen atoms in total. The summed E-state index contributed by atoms with van der Waals surface area (Å²) in [6.45, 7) is -1.64. The molecule has 284 valence electrons. The summed E-state index contributed by atoms with van der Waals surface area (Å²) in [4.78, 5) is 37.5. The van der Waals surface area contributed by atoms with Crippen LogP contribution in [-0.2, 0) is 42.8 Å². The molecule has 7 N–H and O–H groups in total. The molecular formula is C34H40O18. The van der Waals surface area contributed by atoms with E-state index < -0.39 is 92.5 Å². The maximum atomic E-state index is 13.1. The molecule has 9 atom stereocenters. The Morgan fingerprint density at radius 1 is 0.808 bits per heavy atom. The highest BCUT2D eigenvalue weighted by Crippen LogP contribution is 2.39. The molecule has 18 heteroatoms. The number of aromatic hydroxyl groups is 2. The van der Waals surface area contributed by atoms with Crippen LogP contribution in [0.3, 0.4) is 0 Å². The van der Waals surface area contributed by atoms with E-state index in [-0.39, 0.29) is 23.0 Å². The highest BCUT2D eigenvalue weighted by molar-refractivity contribution is 5.88. The second-order valence-corrected chi connectivity index (χ2v) is 11.5. The first kappa shape index (κ1) is 40.0. The van der Waals surface area contributed by atoms with Crippen molar-refractivity contribution >= 4 is 30.1 Å². The summed E-state index contributed by atoms with van der Waals surface area (Å²) in [6.07, 6.45) is -9.54. The minimum Gasteiger partial charge on any atom is -0.504 e. The molecule has 0 aromatic heterocycles. The molecule has 0 bridgehead atoms. The zero-order valence-electron chi connectivity index (χ0n) is 28.1. The summed E-state index contributed by atoms with van der Waals surface area (Å²) in [5.41, 5.74) is 0.871. The lowest BCUT2D eigenvalue weighted by atomic mass is 9.98. The Kier molecular flexibility index (Phi) is 13.6. The molecule has 0 saturated carbocycles. The Labute approximate surface area is 296 Å². The number of methoxy groups -OCH3 is 2. The molecule has 0 unspecified atom stereocenters. The van der Waals surface area contributed by atoms with Crippen LogP contribution >= 0.6 is 0 Å². The standard InChI is InChI=1S/C34H40O18/c1-17(37)48-31-24(14-35)51-34(16-36,32(31)50-27(41)11-7-19-5-9-21(39)23(13-19)46-3)52-33-30(44)29(43)28(42)25(49-33)15-47-26(40)10-6-18-4-8-20(38)22(12-18)45-2/h4-13,24-25,28-33,35-36,38-39,42-44H,14-16H2,1-3H3/b10-6+,11-7+/t24-,25-,28-,29+,30-,31-,32+,33-,34+/m1/s1. The first-order valence-corrected chi connectivity index (χ1v) is 15.7. The zero-order valence-corrected chi connectivity index (χ0v) is 28.1. The van der Waals surface area contributed by atoms with Gasteiger partial charge < -0.3 is 73.6 Å². The summed E-state index contributed by atoms with van der Waals surface area (Å²) in [5.74, 6) is -5.38. The Morgan fingerprint density at radius 3 is 1.90 bits per heavy atom. The van der Waals surface area contributed by atoms with Gasteiger partial charge in [-0.05, 0) is 47.5 Å². The average molecular weight is 737 g/mol. The molecule has 52 heavy (non-hydrogen) atoms. The second-order valence-electron chi connectivity index (χ2n) is 11.5. The molecule has 2 fully saturated rings. The van der Waals surface area contributed by atoms with Crippen LogP contribution in [0.2, 0.25) is 0 Å². The van der Waals surface area contributed by atoms with E-state index in [1.807, 2.05) is 0 Å². The van der Waals surface area contributed by atoms with Crippen LogP contribution in [0.15, 0.2) is 48.6 Å². The van der Waals surface area contributed by atoms with Crippen molar-refractivity contribution in [3.05, 3.63) is 59.7 Å². The zero-order chi connectivity index (χ0) is 38.2. The number of rotatable bonds is 14. The fourth-order valence-electron chi connectivity index (χ4n) is 5.37. The molecule has 2 aromatic rings. The van der Waals surface area contributed by atoms with E-state index in [1.165, 1.54) is 62.8 Å². The van der Waals surface area contributed by atoms with Gasteiger partial charge in [0.05, 0.1) is 20.8 Å². The normalized spacial score (nSPS) is 28.8. The third-order valence-corrected chi connectivity index (χ3v) is 8.00. The van der Waals surface area contributed by atoms with Gasteiger partial charge in [0.2, 0.25) is 5.79 Å². The van der Waals surface area contributed by atoms with Gasteiger partial charge in [0, 0.05) is 19.1 Å². The number of esters is 3. The van der Waals surface area contributed by atoms with E-state index in [0.29, 0.717) is 11.1 Å². The lowest BCUT2D eigenvalue weighted by Gasteiger charge is -2.43. The number of hydrogen-bond acceptors (Lipinski definition) is 18. The van der Waals surface area contributed by atoms with Crippen LogP contribution in [0.4, 0.5) is 0 Å². The van der Waals surface area contributed by atoms with Gasteiger partial charge in [-0.15, -0.1) is 0 Å². The number of ether oxygens (including phenoxy) is 8. The number of aliphatic hydroxyl groups excluding tert-OH is 5. The molecule has 0 amide bonds. The highest BCUT2D eigenvalue weighted by atomic mass is 16.8. The van der Waals surface area contributed by atoms with Crippen LogP contribution in [0.5, 0.6) is 23.0 Å². The van der Waals surface area contributed by atoms with E-state index in [2.05, 4.69) is 0 Å². The van der Waals surface area contributed by atoms with Gasteiger partial charge in [-0.3, -0.25) is 4.79 Å². The van der Waals surface area contributed by atoms with Crippen molar-refractivity contribution in [2.45, 2.75) is 61.7 Å².